The van der Waals surface area contributed by atoms with Crippen LogP contribution in [0.4, 0.5) is 0 Å². The summed E-state index contributed by atoms with van der Waals surface area (Å²) in [5.41, 5.74) is 1.19. The first-order chi connectivity index (χ1) is 9.06. The maximum atomic E-state index is 12.1. The fourth-order valence-electron chi connectivity index (χ4n) is 2.59. The monoisotopic (exact) mass is 280 g/mol. The summed E-state index contributed by atoms with van der Waals surface area (Å²) >= 11 is 5.86. The van der Waals surface area contributed by atoms with E-state index in [9.17, 15) is 4.79 Å². The number of halogens is 1. The van der Waals surface area contributed by atoms with Crippen LogP contribution in [-0.4, -0.2) is 24.5 Å². The number of benzene rings is 1. The predicted octanol–water partition coefficient (Wildman–Crippen LogP) is 2.39. The van der Waals surface area contributed by atoms with E-state index in [0.717, 1.165) is 24.4 Å². The molecule has 2 N–H and O–H groups in total. The molecule has 19 heavy (non-hydrogen) atoms. The largest absolute Gasteiger partial charge is 0.353 e. The quantitative estimate of drug-likeness (QED) is 0.889. The van der Waals surface area contributed by atoms with Gasteiger partial charge in [-0.25, -0.2) is 0 Å². The van der Waals surface area contributed by atoms with Crippen molar-refractivity contribution >= 4 is 17.5 Å². The summed E-state index contributed by atoms with van der Waals surface area (Å²) in [4.78, 5) is 12.1. The smallest absolute Gasteiger partial charge is 0.224 e. The molecule has 0 aliphatic carbocycles. The summed E-state index contributed by atoms with van der Waals surface area (Å²) in [5.74, 6) is 0.270. The van der Waals surface area contributed by atoms with Crippen molar-refractivity contribution in [2.75, 3.05) is 6.54 Å². The Kier molecular flexibility index (Phi) is 4.83. The van der Waals surface area contributed by atoms with Crippen molar-refractivity contribution in [2.24, 2.45) is 5.92 Å². The van der Waals surface area contributed by atoms with Gasteiger partial charge in [-0.2, -0.15) is 0 Å². The molecule has 1 heterocycles. The van der Waals surface area contributed by atoms with E-state index < -0.39 is 0 Å². The number of hydrogen-bond acceptors (Lipinski definition) is 2. The minimum atomic E-state index is 0.104. The van der Waals surface area contributed by atoms with E-state index in [2.05, 4.69) is 17.6 Å². The highest BCUT2D eigenvalue weighted by Crippen LogP contribution is 2.16. The standard InChI is InChI=1S/C15H21ClN2O/c1-10(9-12-3-5-13(16)6-4-12)18-15(19)14-7-8-17-11(14)2/h3-6,10-11,14,17H,7-9H2,1-2H3,(H,18,19). The van der Waals surface area contributed by atoms with Crippen LogP contribution in [0.25, 0.3) is 0 Å². The lowest BCUT2D eigenvalue weighted by Gasteiger charge is -2.19. The summed E-state index contributed by atoms with van der Waals surface area (Å²) in [5, 5.41) is 7.15. The van der Waals surface area contributed by atoms with Gasteiger partial charge in [0.15, 0.2) is 0 Å². The van der Waals surface area contributed by atoms with Crippen molar-refractivity contribution in [3.63, 3.8) is 0 Å². The van der Waals surface area contributed by atoms with Gasteiger partial charge in [-0.15, -0.1) is 0 Å². The lowest BCUT2D eigenvalue weighted by atomic mass is 10.00. The van der Waals surface area contributed by atoms with Crippen molar-refractivity contribution in [3.05, 3.63) is 34.9 Å². The molecular formula is C15H21ClN2O. The van der Waals surface area contributed by atoms with Gasteiger partial charge in [0, 0.05) is 17.1 Å². The van der Waals surface area contributed by atoms with E-state index in [1.54, 1.807) is 0 Å². The number of nitrogens with one attached hydrogen (secondary N) is 2. The Morgan fingerprint density at radius 1 is 1.47 bits per heavy atom. The maximum absolute atomic E-state index is 12.1. The highest BCUT2D eigenvalue weighted by atomic mass is 35.5. The number of amides is 1. The lowest BCUT2D eigenvalue weighted by Crippen LogP contribution is -2.41. The topological polar surface area (TPSA) is 41.1 Å². The number of carbonyl (C=O) groups is 1. The Bertz CT molecular complexity index is 432. The zero-order chi connectivity index (χ0) is 13.8. The molecule has 3 atom stereocenters. The minimum Gasteiger partial charge on any atom is -0.353 e. The van der Waals surface area contributed by atoms with Crippen molar-refractivity contribution in [2.45, 2.75) is 38.8 Å². The van der Waals surface area contributed by atoms with Crippen LogP contribution >= 0.6 is 11.6 Å². The molecular weight excluding hydrogens is 260 g/mol. The SMILES string of the molecule is CC(Cc1ccc(Cl)cc1)NC(=O)C1CCNC1C. The highest BCUT2D eigenvalue weighted by Gasteiger charge is 2.29. The van der Waals surface area contributed by atoms with Crippen molar-refractivity contribution in [1.29, 1.82) is 0 Å². The van der Waals surface area contributed by atoms with Gasteiger partial charge in [0.1, 0.15) is 0 Å². The van der Waals surface area contributed by atoms with Crippen LogP contribution in [0.3, 0.4) is 0 Å². The molecule has 0 bridgehead atoms. The van der Waals surface area contributed by atoms with E-state index in [4.69, 9.17) is 11.6 Å². The van der Waals surface area contributed by atoms with Crippen LogP contribution in [0.2, 0.25) is 5.02 Å². The second-order valence-corrected chi connectivity index (χ2v) is 5.81. The number of hydrogen-bond donors (Lipinski definition) is 2. The van der Waals surface area contributed by atoms with E-state index in [0.29, 0.717) is 0 Å². The molecule has 3 unspecified atom stereocenters. The second kappa shape index (κ2) is 6.40. The summed E-state index contributed by atoms with van der Waals surface area (Å²) in [6.07, 6.45) is 1.76. The molecule has 0 spiro atoms. The Morgan fingerprint density at radius 3 is 2.74 bits per heavy atom. The molecule has 1 aromatic carbocycles. The Morgan fingerprint density at radius 2 is 2.16 bits per heavy atom. The molecule has 0 radical (unpaired) electrons. The highest BCUT2D eigenvalue weighted by molar-refractivity contribution is 6.30. The summed E-state index contributed by atoms with van der Waals surface area (Å²) < 4.78 is 0. The second-order valence-electron chi connectivity index (χ2n) is 5.38. The molecule has 1 saturated heterocycles. The minimum absolute atomic E-state index is 0.104. The van der Waals surface area contributed by atoms with Crippen LogP contribution in [0.1, 0.15) is 25.8 Å². The summed E-state index contributed by atoms with van der Waals surface area (Å²) in [7, 11) is 0. The van der Waals surface area contributed by atoms with Gasteiger partial charge in [-0.1, -0.05) is 23.7 Å². The van der Waals surface area contributed by atoms with Crippen molar-refractivity contribution in [1.82, 2.24) is 10.6 Å². The fourth-order valence-corrected chi connectivity index (χ4v) is 2.72. The van der Waals surface area contributed by atoms with E-state index in [-0.39, 0.29) is 23.9 Å². The Balaban J connectivity index is 1.85. The van der Waals surface area contributed by atoms with Crippen LogP contribution in [0, 0.1) is 5.92 Å². The van der Waals surface area contributed by atoms with Crippen molar-refractivity contribution in [3.8, 4) is 0 Å². The van der Waals surface area contributed by atoms with Gasteiger partial charge in [-0.05, 0) is 50.9 Å². The van der Waals surface area contributed by atoms with Gasteiger partial charge in [-0.3, -0.25) is 4.79 Å². The molecule has 0 saturated carbocycles. The normalized spacial score (nSPS) is 24.2. The van der Waals surface area contributed by atoms with Crippen LogP contribution in [0.15, 0.2) is 24.3 Å². The molecule has 4 heteroatoms. The zero-order valence-electron chi connectivity index (χ0n) is 11.4. The fraction of sp³-hybridized carbons (Fsp3) is 0.533. The van der Waals surface area contributed by atoms with Crippen LogP contribution < -0.4 is 10.6 Å². The Hall–Kier alpha value is -1.06. The van der Waals surface area contributed by atoms with Gasteiger partial charge < -0.3 is 10.6 Å². The average molecular weight is 281 g/mol. The van der Waals surface area contributed by atoms with Gasteiger partial charge in [0.25, 0.3) is 0 Å². The molecule has 1 aliphatic heterocycles. The third-order valence-corrected chi connectivity index (χ3v) is 3.96. The molecule has 1 amide bonds. The third kappa shape index (κ3) is 3.95. The van der Waals surface area contributed by atoms with Gasteiger partial charge in [0.05, 0.1) is 5.92 Å². The first-order valence-electron chi connectivity index (χ1n) is 6.84. The van der Waals surface area contributed by atoms with E-state index in [1.807, 2.05) is 31.2 Å². The molecule has 104 valence electrons. The predicted molar refractivity (Wildman–Crippen MR) is 78.3 cm³/mol. The molecule has 1 aliphatic rings. The zero-order valence-corrected chi connectivity index (χ0v) is 12.2. The summed E-state index contributed by atoms with van der Waals surface area (Å²) in [6.45, 7) is 5.05. The van der Waals surface area contributed by atoms with Gasteiger partial charge >= 0.3 is 0 Å². The first kappa shape index (κ1) is 14.4. The maximum Gasteiger partial charge on any atom is 0.224 e. The Labute approximate surface area is 119 Å². The lowest BCUT2D eigenvalue weighted by molar-refractivity contribution is -0.125. The van der Waals surface area contributed by atoms with Crippen LogP contribution in [0.5, 0.6) is 0 Å². The average Bonchev–Trinajstić information content (AvgIpc) is 2.78. The van der Waals surface area contributed by atoms with E-state index in [1.165, 1.54) is 5.56 Å². The van der Waals surface area contributed by atoms with Crippen LogP contribution in [-0.2, 0) is 11.2 Å². The van der Waals surface area contributed by atoms with E-state index >= 15 is 0 Å². The molecule has 0 aromatic heterocycles. The molecule has 2 rings (SSSR count). The molecule has 1 fully saturated rings. The number of rotatable bonds is 4. The first-order valence-corrected chi connectivity index (χ1v) is 7.22. The number of carbonyl (C=O) groups excluding carboxylic acids is 1. The van der Waals surface area contributed by atoms with Crippen molar-refractivity contribution < 1.29 is 4.79 Å². The summed E-state index contributed by atoms with van der Waals surface area (Å²) in [6, 6.07) is 8.20. The molecule has 3 nitrogen and oxygen atoms in total. The molecule has 1 aromatic rings. The third-order valence-electron chi connectivity index (χ3n) is 3.71. The van der Waals surface area contributed by atoms with Gasteiger partial charge in [0.2, 0.25) is 5.91 Å².